The lowest BCUT2D eigenvalue weighted by Crippen LogP contribution is -2.44. The first-order valence-electron chi connectivity index (χ1n) is 14.3. The number of aromatic nitrogens is 1. The van der Waals surface area contributed by atoms with Crippen LogP contribution in [0, 0.1) is 6.92 Å². The van der Waals surface area contributed by atoms with E-state index in [2.05, 4.69) is 10.3 Å². The summed E-state index contributed by atoms with van der Waals surface area (Å²) >= 11 is 0. The second-order valence-corrected chi connectivity index (χ2v) is 11.0. The quantitative estimate of drug-likeness (QED) is 0.249. The van der Waals surface area contributed by atoms with Gasteiger partial charge in [0.25, 0.3) is 11.8 Å². The standard InChI is InChI=1S/C35H30N4O4/c1-21-15-17-22(18-16-21)32-31-26(24-10-4-6-12-27(24)37-31)19-29-34(41)39(35(42)38(29)32)28-13-7-5-11-25(28)33(40)36-20-23-9-3-8-14-30(23)43-2/h3-18,29,32,37H,19-20H2,1-2H3,(H,36,40)/t29-,32-/m0/s1. The number of nitrogens with zero attached hydrogens (tertiary/aromatic N) is 2. The van der Waals surface area contributed by atoms with Crippen LogP contribution in [0.4, 0.5) is 10.5 Å². The molecular weight excluding hydrogens is 540 g/mol. The normalized spacial score (nSPS) is 17.6. The molecule has 0 bridgehead atoms. The van der Waals surface area contributed by atoms with Gasteiger partial charge in [-0.25, -0.2) is 9.69 Å². The highest BCUT2D eigenvalue weighted by Crippen LogP contribution is 2.45. The Balaban J connectivity index is 1.27. The molecule has 7 rings (SSSR count). The van der Waals surface area contributed by atoms with Crippen molar-refractivity contribution in [1.29, 1.82) is 0 Å². The minimum atomic E-state index is -0.713. The first-order chi connectivity index (χ1) is 21.0. The third-order valence-corrected chi connectivity index (χ3v) is 8.46. The molecule has 1 saturated heterocycles. The topological polar surface area (TPSA) is 94.7 Å². The first kappa shape index (κ1) is 26.5. The highest BCUT2D eigenvalue weighted by Gasteiger charge is 2.53. The number of methoxy groups -OCH3 is 1. The van der Waals surface area contributed by atoms with Crippen molar-refractivity contribution >= 4 is 34.4 Å². The largest absolute Gasteiger partial charge is 0.496 e. The molecule has 1 aromatic heterocycles. The van der Waals surface area contributed by atoms with Crippen molar-refractivity contribution in [3.63, 3.8) is 0 Å². The lowest BCUT2D eigenvalue weighted by Gasteiger charge is -2.36. The third-order valence-electron chi connectivity index (χ3n) is 8.46. The zero-order valence-electron chi connectivity index (χ0n) is 23.8. The van der Waals surface area contributed by atoms with E-state index < -0.39 is 24.0 Å². The Morgan fingerprint density at radius 1 is 0.930 bits per heavy atom. The predicted octanol–water partition coefficient (Wildman–Crippen LogP) is 5.90. The van der Waals surface area contributed by atoms with Gasteiger partial charge in [0.1, 0.15) is 17.8 Å². The maximum atomic E-state index is 14.3. The number of aryl methyl sites for hydroxylation is 1. The van der Waals surface area contributed by atoms with Crippen molar-refractivity contribution in [2.45, 2.75) is 32.0 Å². The Morgan fingerprint density at radius 3 is 2.47 bits per heavy atom. The van der Waals surface area contributed by atoms with Crippen molar-refractivity contribution in [1.82, 2.24) is 15.2 Å². The number of aromatic amines is 1. The SMILES string of the molecule is COc1ccccc1CNC(=O)c1ccccc1N1C(=O)[C@@H]2Cc3c([nH]c4ccccc34)[C@H](c3ccc(C)cc3)N2C1=O. The van der Waals surface area contributed by atoms with Gasteiger partial charge < -0.3 is 15.0 Å². The van der Waals surface area contributed by atoms with Crippen LogP contribution < -0.4 is 15.0 Å². The summed E-state index contributed by atoms with van der Waals surface area (Å²) in [6.45, 7) is 2.25. The fourth-order valence-corrected chi connectivity index (χ4v) is 6.37. The molecule has 4 amide bonds. The van der Waals surface area contributed by atoms with Crippen LogP contribution in [0.3, 0.4) is 0 Å². The number of hydrogen-bond donors (Lipinski definition) is 2. The molecule has 0 unspecified atom stereocenters. The van der Waals surface area contributed by atoms with Gasteiger partial charge in [-0.1, -0.05) is 78.4 Å². The number of imide groups is 1. The number of para-hydroxylation sites is 3. The number of ether oxygens (including phenoxy) is 1. The molecule has 1 fully saturated rings. The van der Waals surface area contributed by atoms with Gasteiger partial charge in [0.15, 0.2) is 0 Å². The summed E-state index contributed by atoms with van der Waals surface area (Å²) in [4.78, 5) is 48.4. The van der Waals surface area contributed by atoms with E-state index in [1.54, 1.807) is 36.3 Å². The molecule has 0 spiro atoms. The number of H-pyrrole nitrogens is 1. The number of carbonyl (C=O) groups excluding carboxylic acids is 3. The molecule has 2 atom stereocenters. The highest BCUT2D eigenvalue weighted by atomic mass is 16.5. The van der Waals surface area contributed by atoms with Crippen molar-refractivity contribution in [3.8, 4) is 5.75 Å². The summed E-state index contributed by atoms with van der Waals surface area (Å²) in [6, 6.07) is 28.6. The number of carbonyl (C=O) groups is 3. The van der Waals surface area contributed by atoms with Crippen molar-refractivity contribution in [2.24, 2.45) is 0 Å². The van der Waals surface area contributed by atoms with E-state index in [-0.39, 0.29) is 23.7 Å². The summed E-state index contributed by atoms with van der Waals surface area (Å²) in [6.07, 6.45) is 0.380. The number of fused-ring (bicyclic) bond motifs is 4. The Hall–Kier alpha value is -5.37. The smallest absolute Gasteiger partial charge is 0.332 e. The zero-order valence-corrected chi connectivity index (χ0v) is 23.8. The molecule has 4 aromatic carbocycles. The van der Waals surface area contributed by atoms with Gasteiger partial charge in [0.2, 0.25) is 0 Å². The minimum Gasteiger partial charge on any atom is -0.496 e. The van der Waals surface area contributed by atoms with Gasteiger partial charge in [-0.2, -0.15) is 0 Å². The Bertz CT molecular complexity index is 1890. The highest BCUT2D eigenvalue weighted by molar-refractivity contribution is 6.24. The Labute approximate surface area is 248 Å². The number of benzene rings is 4. The second-order valence-electron chi connectivity index (χ2n) is 11.0. The summed E-state index contributed by atoms with van der Waals surface area (Å²) < 4.78 is 5.41. The van der Waals surface area contributed by atoms with Crippen LogP contribution in [0.1, 0.15) is 44.3 Å². The molecule has 2 aliphatic heterocycles. The van der Waals surface area contributed by atoms with Crippen molar-refractivity contribution in [3.05, 3.63) is 131 Å². The summed E-state index contributed by atoms with van der Waals surface area (Å²) in [7, 11) is 1.58. The predicted molar refractivity (Wildman–Crippen MR) is 164 cm³/mol. The van der Waals surface area contributed by atoms with Gasteiger partial charge in [-0.3, -0.25) is 14.5 Å². The molecule has 2 aliphatic rings. The van der Waals surface area contributed by atoms with Crippen LogP contribution >= 0.6 is 0 Å². The van der Waals surface area contributed by atoms with Gasteiger partial charge in [-0.05, 0) is 42.3 Å². The molecule has 214 valence electrons. The lowest BCUT2D eigenvalue weighted by atomic mass is 9.88. The van der Waals surface area contributed by atoms with E-state index in [1.807, 2.05) is 79.7 Å². The van der Waals surface area contributed by atoms with Crippen LogP contribution in [0.2, 0.25) is 0 Å². The number of rotatable bonds is 6. The maximum absolute atomic E-state index is 14.3. The molecule has 0 aliphatic carbocycles. The molecule has 0 saturated carbocycles. The first-order valence-corrected chi connectivity index (χ1v) is 14.3. The number of anilines is 1. The Kier molecular flexibility index (Phi) is 6.46. The van der Waals surface area contributed by atoms with Crippen LogP contribution in [0.15, 0.2) is 97.1 Å². The van der Waals surface area contributed by atoms with E-state index in [4.69, 9.17) is 4.74 Å². The van der Waals surface area contributed by atoms with E-state index in [0.717, 1.165) is 38.9 Å². The maximum Gasteiger partial charge on any atom is 0.332 e. The fraction of sp³-hybridized carbons (Fsp3) is 0.171. The molecule has 5 aromatic rings. The van der Waals surface area contributed by atoms with Crippen molar-refractivity contribution < 1.29 is 19.1 Å². The zero-order chi connectivity index (χ0) is 29.7. The third kappa shape index (κ3) is 4.34. The monoisotopic (exact) mass is 570 g/mol. The molecular formula is C35H30N4O4. The average Bonchev–Trinajstić information content (AvgIpc) is 3.53. The second kappa shape index (κ2) is 10.5. The summed E-state index contributed by atoms with van der Waals surface area (Å²) in [5.74, 6) is -0.0722. The van der Waals surface area contributed by atoms with Crippen molar-refractivity contribution in [2.75, 3.05) is 12.0 Å². The summed E-state index contributed by atoms with van der Waals surface area (Å²) in [5.41, 5.74) is 6.26. The molecule has 0 radical (unpaired) electrons. The minimum absolute atomic E-state index is 0.227. The number of hydrogen-bond acceptors (Lipinski definition) is 4. The summed E-state index contributed by atoms with van der Waals surface area (Å²) in [5, 5.41) is 3.97. The fourth-order valence-electron chi connectivity index (χ4n) is 6.37. The van der Waals surface area contributed by atoms with E-state index in [0.29, 0.717) is 12.2 Å². The molecule has 3 heterocycles. The van der Waals surface area contributed by atoms with Crippen LogP contribution in [-0.4, -0.2) is 40.9 Å². The van der Waals surface area contributed by atoms with Gasteiger partial charge >= 0.3 is 6.03 Å². The molecule has 43 heavy (non-hydrogen) atoms. The van der Waals surface area contributed by atoms with E-state index in [1.165, 1.54) is 4.90 Å². The van der Waals surface area contributed by atoms with Crippen LogP contribution in [0.25, 0.3) is 10.9 Å². The molecule has 8 heteroatoms. The van der Waals surface area contributed by atoms with Crippen LogP contribution in [-0.2, 0) is 17.8 Å². The van der Waals surface area contributed by atoms with Gasteiger partial charge in [0.05, 0.1) is 18.4 Å². The van der Waals surface area contributed by atoms with Gasteiger partial charge in [0, 0.05) is 35.1 Å². The van der Waals surface area contributed by atoms with Gasteiger partial charge in [-0.15, -0.1) is 0 Å². The number of nitrogens with one attached hydrogen (secondary N) is 2. The number of amides is 4. The molecule has 2 N–H and O–H groups in total. The molecule has 8 nitrogen and oxygen atoms in total. The van der Waals surface area contributed by atoms with Crippen LogP contribution in [0.5, 0.6) is 5.75 Å². The van der Waals surface area contributed by atoms with E-state index in [9.17, 15) is 14.4 Å². The number of urea groups is 1. The Morgan fingerprint density at radius 2 is 1.65 bits per heavy atom. The lowest BCUT2D eigenvalue weighted by molar-refractivity contribution is -0.120. The average molecular weight is 571 g/mol. The van der Waals surface area contributed by atoms with E-state index >= 15 is 0 Å².